The molecule has 0 radical (unpaired) electrons. The molecule has 0 atom stereocenters. The van der Waals surface area contributed by atoms with E-state index in [2.05, 4.69) is 20.3 Å². The molecular weight excluding hydrogens is 236 g/mol. The number of carbonyl (C=O) groups excluding carboxylic acids is 2. The summed E-state index contributed by atoms with van der Waals surface area (Å²) in [6.45, 7) is 0. The van der Waals surface area contributed by atoms with Crippen LogP contribution in [0, 0.1) is 0 Å². The lowest BCUT2D eigenvalue weighted by Gasteiger charge is -2.07. The van der Waals surface area contributed by atoms with Gasteiger partial charge in [-0.25, -0.2) is 9.97 Å². The number of pyridine rings is 1. The van der Waals surface area contributed by atoms with Gasteiger partial charge in [0.15, 0.2) is 5.69 Å². The molecule has 0 bridgehead atoms. The second-order valence-corrected chi connectivity index (χ2v) is 3.21. The van der Waals surface area contributed by atoms with Crippen molar-refractivity contribution in [3.63, 3.8) is 0 Å². The summed E-state index contributed by atoms with van der Waals surface area (Å²) in [5, 5.41) is 13.2. The Morgan fingerprint density at radius 1 is 1.00 bits per heavy atom. The molecule has 7 nitrogen and oxygen atoms in total. The van der Waals surface area contributed by atoms with E-state index in [0.29, 0.717) is 0 Å². The Bertz CT molecular complexity index is 586. The fourth-order valence-corrected chi connectivity index (χ4v) is 1.27. The van der Waals surface area contributed by atoms with Crippen LogP contribution in [0.2, 0.25) is 0 Å². The lowest BCUT2D eigenvalue weighted by Crippen LogP contribution is -2.28. The second kappa shape index (κ2) is 5.00. The van der Waals surface area contributed by atoms with Crippen LogP contribution in [0.1, 0.15) is 21.0 Å². The van der Waals surface area contributed by atoms with Crippen molar-refractivity contribution in [1.82, 2.24) is 15.0 Å². The van der Waals surface area contributed by atoms with Crippen molar-refractivity contribution in [1.29, 1.82) is 0 Å². The van der Waals surface area contributed by atoms with E-state index < -0.39 is 17.6 Å². The van der Waals surface area contributed by atoms with Crippen molar-refractivity contribution in [2.75, 3.05) is 5.32 Å². The molecule has 2 aromatic heterocycles. The minimum atomic E-state index is -1.56. The topological polar surface area (TPSA) is 108 Å². The van der Waals surface area contributed by atoms with E-state index in [9.17, 15) is 14.7 Å². The van der Waals surface area contributed by atoms with E-state index in [0.717, 1.165) is 0 Å². The smallest absolute Gasteiger partial charge is 0.277 e. The van der Waals surface area contributed by atoms with Gasteiger partial charge in [-0.2, -0.15) is 0 Å². The average molecular weight is 243 g/mol. The predicted molar refractivity (Wildman–Crippen MR) is 58.6 cm³/mol. The van der Waals surface area contributed by atoms with E-state index in [1.54, 1.807) is 18.2 Å². The monoisotopic (exact) mass is 243 g/mol. The highest BCUT2D eigenvalue weighted by Crippen LogP contribution is 2.06. The van der Waals surface area contributed by atoms with Crippen LogP contribution in [0.25, 0.3) is 0 Å². The summed E-state index contributed by atoms with van der Waals surface area (Å²) >= 11 is 0. The van der Waals surface area contributed by atoms with Crippen molar-refractivity contribution in [2.24, 2.45) is 0 Å². The molecule has 0 fully saturated rings. The summed E-state index contributed by atoms with van der Waals surface area (Å²) in [4.78, 5) is 33.6. The fourth-order valence-electron chi connectivity index (χ4n) is 1.27. The van der Waals surface area contributed by atoms with Crippen molar-refractivity contribution < 1.29 is 14.7 Å². The first-order chi connectivity index (χ1) is 8.68. The SMILES string of the molecule is O=C([O-])c1nccnc1C(=O)Nc1ccccn1. The molecule has 2 heterocycles. The molecule has 0 aromatic carbocycles. The molecule has 1 N–H and O–H groups in total. The number of aromatic nitrogens is 3. The van der Waals surface area contributed by atoms with E-state index in [4.69, 9.17) is 0 Å². The molecule has 90 valence electrons. The lowest BCUT2D eigenvalue weighted by atomic mass is 10.3. The number of amides is 1. The molecule has 0 saturated heterocycles. The molecule has 2 aromatic rings. The maximum atomic E-state index is 11.8. The number of nitrogens with one attached hydrogen (secondary N) is 1. The Morgan fingerprint density at radius 2 is 1.72 bits per heavy atom. The van der Waals surface area contributed by atoms with Gasteiger partial charge < -0.3 is 15.2 Å². The summed E-state index contributed by atoms with van der Waals surface area (Å²) in [6.07, 6.45) is 3.88. The molecule has 2 rings (SSSR count). The molecule has 1 amide bonds. The molecule has 0 saturated carbocycles. The highest BCUT2D eigenvalue weighted by molar-refractivity contribution is 6.07. The fraction of sp³-hybridized carbons (Fsp3) is 0. The summed E-state index contributed by atoms with van der Waals surface area (Å²) in [5.74, 6) is -1.98. The number of carboxylic acids is 1. The molecule has 0 spiro atoms. The van der Waals surface area contributed by atoms with E-state index in [-0.39, 0.29) is 11.5 Å². The molecule has 0 aliphatic rings. The number of carboxylic acid groups (broad SMARTS) is 1. The first-order valence-corrected chi connectivity index (χ1v) is 4.93. The van der Waals surface area contributed by atoms with Crippen LogP contribution in [-0.2, 0) is 0 Å². The predicted octanol–water partition coefficient (Wildman–Crippen LogP) is -0.513. The number of nitrogens with zero attached hydrogens (tertiary/aromatic N) is 3. The number of hydrogen-bond donors (Lipinski definition) is 1. The van der Waals surface area contributed by atoms with Crippen LogP contribution >= 0.6 is 0 Å². The van der Waals surface area contributed by atoms with Crippen LogP contribution in [0.15, 0.2) is 36.8 Å². The van der Waals surface area contributed by atoms with Crippen LogP contribution in [0.4, 0.5) is 5.82 Å². The number of anilines is 1. The number of hydrogen-bond acceptors (Lipinski definition) is 6. The third-order valence-electron chi connectivity index (χ3n) is 2.01. The van der Waals surface area contributed by atoms with E-state index >= 15 is 0 Å². The van der Waals surface area contributed by atoms with E-state index in [1.165, 1.54) is 18.6 Å². The van der Waals surface area contributed by atoms with Crippen LogP contribution < -0.4 is 10.4 Å². The zero-order chi connectivity index (χ0) is 13.0. The van der Waals surface area contributed by atoms with Crippen molar-refractivity contribution in [2.45, 2.75) is 0 Å². The molecule has 0 unspecified atom stereocenters. The molecule has 0 aliphatic heterocycles. The van der Waals surface area contributed by atoms with Gasteiger partial charge in [-0.15, -0.1) is 0 Å². The largest absolute Gasteiger partial charge is 0.543 e. The molecule has 0 aliphatic carbocycles. The van der Waals surface area contributed by atoms with Gasteiger partial charge in [-0.05, 0) is 12.1 Å². The van der Waals surface area contributed by atoms with Crippen molar-refractivity contribution >= 4 is 17.7 Å². The Kier molecular flexibility index (Phi) is 3.24. The lowest BCUT2D eigenvalue weighted by molar-refractivity contribution is -0.255. The minimum Gasteiger partial charge on any atom is -0.543 e. The molecule has 7 heteroatoms. The van der Waals surface area contributed by atoms with Crippen molar-refractivity contribution in [3.05, 3.63) is 48.2 Å². The van der Waals surface area contributed by atoms with Gasteiger partial charge in [0, 0.05) is 18.6 Å². The van der Waals surface area contributed by atoms with Crippen LogP contribution in [0.5, 0.6) is 0 Å². The minimum absolute atomic E-state index is 0.289. The Balaban J connectivity index is 2.27. The van der Waals surface area contributed by atoms with Crippen LogP contribution in [-0.4, -0.2) is 26.8 Å². The maximum absolute atomic E-state index is 11.8. The Labute approximate surface area is 102 Å². The third kappa shape index (κ3) is 2.46. The number of rotatable bonds is 3. The molecule has 18 heavy (non-hydrogen) atoms. The summed E-state index contributed by atoms with van der Waals surface area (Å²) in [7, 11) is 0. The third-order valence-corrected chi connectivity index (χ3v) is 2.01. The Morgan fingerprint density at radius 3 is 2.33 bits per heavy atom. The van der Waals surface area contributed by atoms with Crippen molar-refractivity contribution in [3.8, 4) is 0 Å². The number of aromatic carboxylic acids is 1. The van der Waals surface area contributed by atoms with Gasteiger partial charge in [0.2, 0.25) is 0 Å². The number of carbonyl (C=O) groups is 2. The average Bonchev–Trinajstić information content (AvgIpc) is 2.40. The Hall–Kier alpha value is -2.83. The zero-order valence-corrected chi connectivity index (χ0v) is 9.03. The molecular formula is C11H7N4O3-. The van der Waals surface area contributed by atoms with Gasteiger partial charge in [0.05, 0.1) is 5.97 Å². The van der Waals surface area contributed by atoms with Gasteiger partial charge >= 0.3 is 0 Å². The first kappa shape index (κ1) is 11.6. The highest BCUT2D eigenvalue weighted by Gasteiger charge is 2.15. The highest BCUT2D eigenvalue weighted by atomic mass is 16.4. The quantitative estimate of drug-likeness (QED) is 0.777. The summed E-state index contributed by atoms with van der Waals surface area (Å²) in [5.41, 5.74) is -0.825. The maximum Gasteiger partial charge on any atom is 0.277 e. The second-order valence-electron chi connectivity index (χ2n) is 3.21. The first-order valence-electron chi connectivity index (χ1n) is 4.93. The summed E-state index contributed by atoms with van der Waals surface area (Å²) in [6, 6.07) is 4.93. The standard InChI is InChI=1S/C11H8N4O3/c16-10(15-7-3-1-2-4-12-7)8-9(11(17)18)14-6-5-13-8/h1-6H,(H,17,18)(H,12,15,16)/p-1. The zero-order valence-electron chi connectivity index (χ0n) is 9.03. The van der Waals surface area contributed by atoms with Gasteiger partial charge in [0.1, 0.15) is 11.5 Å². The van der Waals surface area contributed by atoms with E-state index in [1.807, 2.05) is 0 Å². The normalized spacial score (nSPS) is 9.78. The van der Waals surface area contributed by atoms with Gasteiger partial charge in [-0.1, -0.05) is 6.07 Å². The van der Waals surface area contributed by atoms with Crippen LogP contribution in [0.3, 0.4) is 0 Å². The van der Waals surface area contributed by atoms with Gasteiger partial charge in [-0.3, -0.25) is 9.78 Å². The summed E-state index contributed by atoms with van der Waals surface area (Å²) < 4.78 is 0. The van der Waals surface area contributed by atoms with Gasteiger partial charge in [0.25, 0.3) is 5.91 Å².